The molecule has 2 aromatic rings. The van der Waals surface area contributed by atoms with Gasteiger partial charge in [-0.05, 0) is 44.1 Å². The summed E-state index contributed by atoms with van der Waals surface area (Å²) < 4.78 is 1.62. The first-order valence-electron chi connectivity index (χ1n) is 7.65. The number of carbonyl (C=O) groups excluding carboxylic acids is 1. The molecule has 2 heterocycles. The van der Waals surface area contributed by atoms with Gasteiger partial charge in [-0.3, -0.25) is 9.69 Å². The highest BCUT2D eigenvalue weighted by Crippen LogP contribution is 2.24. The Kier molecular flexibility index (Phi) is 5.20. The number of hydrogen-bond donors (Lipinski definition) is 1. The van der Waals surface area contributed by atoms with E-state index in [0.717, 1.165) is 25.9 Å². The largest absolute Gasteiger partial charge is 0.308 e. The number of rotatable bonds is 4. The molecular formula is C16H18Cl2N4O. The number of nitrogens with one attached hydrogen (secondary N) is 1. The quantitative estimate of drug-likeness (QED) is 0.914. The maximum Gasteiger partial charge on any atom is 0.239 e. The fraction of sp³-hybridized carbons (Fsp3) is 0.375. The van der Waals surface area contributed by atoms with Gasteiger partial charge in [0.2, 0.25) is 5.91 Å². The molecule has 0 spiro atoms. The second-order valence-corrected chi connectivity index (χ2v) is 6.47. The highest BCUT2D eigenvalue weighted by molar-refractivity contribution is 6.35. The molecule has 7 heteroatoms. The van der Waals surface area contributed by atoms with Gasteiger partial charge in [-0.2, -0.15) is 5.10 Å². The molecule has 1 fully saturated rings. The summed E-state index contributed by atoms with van der Waals surface area (Å²) in [5.41, 5.74) is 0.715. The van der Waals surface area contributed by atoms with Crippen LogP contribution in [-0.4, -0.2) is 40.2 Å². The summed E-state index contributed by atoms with van der Waals surface area (Å²) >= 11 is 12.1. The van der Waals surface area contributed by atoms with E-state index in [1.54, 1.807) is 35.1 Å². The second-order valence-electron chi connectivity index (χ2n) is 5.63. The molecule has 122 valence electrons. The average molecular weight is 353 g/mol. The van der Waals surface area contributed by atoms with Crippen molar-refractivity contribution in [1.82, 2.24) is 14.7 Å². The van der Waals surface area contributed by atoms with Gasteiger partial charge in [-0.25, -0.2) is 4.68 Å². The fourth-order valence-corrected chi connectivity index (χ4v) is 3.19. The van der Waals surface area contributed by atoms with Crippen LogP contribution in [0.3, 0.4) is 0 Å². The van der Waals surface area contributed by atoms with Gasteiger partial charge in [-0.1, -0.05) is 29.6 Å². The van der Waals surface area contributed by atoms with Crippen LogP contribution in [0.25, 0.3) is 5.69 Å². The number of carbonyl (C=O) groups is 1. The molecule has 0 bridgehead atoms. The third-order valence-corrected chi connectivity index (χ3v) is 4.37. The number of anilines is 1. The van der Waals surface area contributed by atoms with Gasteiger partial charge in [0.05, 0.1) is 17.3 Å². The first-order chi connectivity index (χ1) is 11.1. The number of amides is 1. The lowest BCUT2D eigenvalue weighted by atomic mass is 10.1. The van der Waals surface area contributed by atoms with Crippen molar-refractivity contribution in [2.75, 3.05) is 25.0 Å². The lowest BCUT2D eigenvalue weighted by Gasteiger charge is -2.25. The van der Waals surface area contributed by atoms with Crippen molar-refractivity contribution in [2.24, 2.45) is 0 Å². The maximum absolute atomic E-state index is 12.1. The lowest BCUT2D eigenvalue weighted by molar-refractivity contribution is -0.117. The van der Waals surface area contributed by atoms with E-state index in [4.69, 9.17) is 23.2 Å². The molecule has 1 N–H and O–H groups in total. The van der Waals surface area contributed by atoms with Crippen molar-refractivity contribution < 1.29 is 4.79 Å². The maximum atomic E-state index is 12.1. The topological polar surface area (TPSA) is 50.2 Å². The SMILES string of the molecule is O=C(CN1CCCCC1)Nc1ccn(-c2ccc(Cl)cc2Cl)n1. The molecule has 0 atom stereocenters. The van der Waals surface area contributed by atoms with Crippen molar-refractivity contribution >= 4 is 34.9 Å². The Morgan fingerprint density at radius 3 is 2.70 bits per heavy atom. The number of likely N-dealkylation sites (tertiary alicyclic amines) is 1. The van der Waals surface area contributed by atoms with E-state index in [0.29, 0.717) is 28.1 Å². The summed E-state index contributed by atoms with van der Waals surface area (Å²) in [7, 11) is 0. The summed E-state index contributed by atoms with van der Waals surface area (Å²) in [5.74, 6) is 0.470. The number of nitrogens with zero attached hydrogens (tertiary/aromatic N) is 3. The molecule has 0 unspecified atom stereocenters. The second kappa shape index (κ2) is 7.34. The Balaban J connectivity index is 1.63. The number of aromatic nitrogens is 2. The van der Waals surface area contributed by atoms with Gasteiger partial charge in [0.15, 0.2) is 5.82 Å². The molecule has 1 aliphatic heterocycles. The Morgan fingerprint density at radius 1 is 1.17 bits per heavy atom. The highest BCUT2D eigenvalue weighted by atomic mass is 35.5. The van der Waals surface area contributed by atoms with Gasteiger partial charge in [-0.15, -0.1) is 0 Å². The van der Waals surface area contributed by atoms with E-state index >= 15 is 0 Å². The zero-order valence-corrected chi connectivity index (χ0v) is 14.1. The van der Waals surface area contributed by atoms with E-state index < -0.39 is 0 Å². The summed E-state index contributed by atoms with van der Waals surface area (Å²) in [5, 5.41) is 8.25. The summed E-state index contributed by atoms with van der Waals surface area (Å²) in [4.78, 5) is 14.3. The van der Waals surface area contributed by atoms with Gasteiger partial charge in [0.25, 0.3) is 0 Å². The Bertz CT molecular complexity index is 695. The first-order valence-corrected chi connectivity index (χ1v) is 8.41. The molecule has 0 saturated carbocycles. The summed E-state index contributed by atoms with van der Waals surface area (Å²) in [6.07, 6.45) is 5.34. The summed E-state index contributed by atoms with van der Waals surface area (Å²) in [6, 6.07) is 6.95. The third-order valence-electron chi connectivity index (χ3n) is 3.83. The van der Waals surface area contributed by atoms with E-state index in [9.17, 15) is 4.79 Å². The van der Waals surface area contributed by atoms with Crippen LogP contribution in [0, 0.1) is 0 Å². The highest BCUT2D eigenvalue weighted by Gasteiger charge is 2.15. The Morgan fingerprint density at radius 2 is 1.96 bits per heavy atom. The van der Waals surface area contributed by atoms with Gasteiger partial charge in [0.1, 0.15) is 0 Å². The predicted octanol–water partition coefficient (Wildman–Crippen LogP) is 3.60. The minimum Gasteiger partial charge on any atom is -0.308 e. The molecule has 1 saturated heterocycles. The lowest BCUT2D eigenvalue weighted by Crippen LogP contribution is -2.36. The monoisotopic (exact) mass is 352 g/mol. The van der Waals surface area contributed by atoms with Crippen LogP contribution in [0.4, 0.5) is 5.82 Å². The van der Waals surface area contributed by atoms with Crippen LogP contribution in [0.15, 0.2) is 30.5 Å². The van der Waals surface area contributed by atoms with Crippen LogP contribution in [0.5, 0.6) is 0 Å². The molecule has 23 heavy (non-hydrogen) atoms. The normalized spacial score (nSPS) is 15.6. The minimum absolute atomic E-state index is 0.0423. The minimum atomic E-state index is -0.0423. The van der Waals surface area contributed by atoms with Crippen molar-refractivity contribution in [3.63, 3.8) is 0 Å². The van der Waals surface area contributed by atoms with Crippen LogP contribution in [0.2, 0.25) is 10.0 Å². The smallest absolute Gasteiger partial charge is 0.239 e. The van der Waals surface area contributed by atoms with Crippen LogP contribution in [0.1, 0.15) is 19.3 Å². The Labute approximate surface area is 145 Å². The first kappa shape index (κ1) is 16.3. The van der Waals surface area contributed by atoms with E-state index in [2.05, 4.69) is 15.3 Å². The average Bonchev–Trinajstić information content (AvgIpc) is 2.96. The zero-order chi connectivity index (χ0) is 16.2. The molecule has 3 rings (SSSR count). The number of hydrogen-bond acceptors (Lipinski definition) is 3. The molecule has 1 aliphatic rings. The number of halogens is 2. The van der Waals surface area contributed by atoms with Crippen LogP contribution in [-0.2, 0) is 4.79 Å². The molecular weight excluding hydrogens is 335 g/mol. The number of benzene rings is 1. The van der Waals surface area contributed by atoms with Crippen molar-refractivity contribution in [2.45, 2.75) is 19.3 Å². The number of piperidine rings is 1. The van der Waals surface area contributed by atoms with Gasteiger partial charge >= 0.3 is 0 Å². The van der Waals surface area contributed by atoms with Crippen LogP contribution < -0.4 is 5.32 Å². The van der Waals surface area contributed by atoms with Crippen molar-refractivity contribution in [3.8, 4) is 5.69 Å². The fourth-order valence-electron chi connectivity index (χ4n) is 2.69. The standard InChI is InChI=1S/C16H18Cl2N4O/c17-12-4-5-14(13(18)10-12)22-9-6-15(20-22)19-16(23)11-21-7-2-1-3-8-21/h4-6,9-10H,1-3,7-8,11H2,(H,19,20,23). The van der Waals surface area contributed by atoms with Gasteiger partial charge < -0.3 is 5.32 Å². The molecule has 0 radical (unpaired) electrons. The Hall–Kier alpha value is -1.56. The molecule has 0 aliphatic carbocycles. The molecule has 5 nitrogen and oxygen atoms in total. The third kappa shape index (κ3) is 4.25. The molecule has 1 aromatic heterocycles. The van der Waals surface area contributed by atoms with Gasteiger partial charge in [0, 0.05) is 17.3 Å². The summed E-state index contributed by atoms with van der Waals surface area (Å²) in [6.45, 7) is 2.39. The molecule has 1 amide bonds. The van der Waals surface area contributed by atoms with Crippen molar-refractivity contribution in [1.29, 1.82) is 0 Å². The van der Waals surface area contributed by atoms with E-state index in [1.165, 1.54) is 6.42 Å². The van der Waals surface area contributed by atoms with Crippen LogP contribution >= 0.6 is 23.2 Å². The van der Waals surface area contributed by atoms with E-state index in [-0.39, 0.29) is 5.91 Å². The van der Waals surface area contributed by atoms with E-state index in [1.807, 2.05) is 0 Å². The predicted molar refractivity (Wildman–Crippen MR) is 92.5 cm³/mol. The van der Waals surface area contributed by atoms with Crippen molar-refractivity contribution in [3.05, 3.63) is 40.5 Å². The molecule has 1 aromatic carbocycles. The zero-order valence-electron chi connectivity index (χ0n) is 12.6.